The molecule has 0 radical (unpaired) electrons. The van der Waals surface area contributed by atoms with Gasteiger partial charge in [0.25, 0.3) is 0 Å². The highest BCUT2D eigenvalue weighted by molar-refractivity contribution is 5.06. The average molecular weight is 279 g/mol. The maximum Gasteiger partial charge on any atom is 0.110 e. The summed E-state index contributed by atoms with van der Waals surface area (Å²) in [4.78, 5) is 10.2. The molecule has 3 heterocycles. The molecule has 5 nitrogen and oxygen atoms in total. The molecule has 0 bridgehead atoms. The van der Waals surface area contributed by atoms with Gasteiger partial charge in [0.2, 0.25) is 0 Å². The highest BCUT2D eigenvalue weighted by Crippen LogP contribution is 2.28. The molecule has 112 valence electrons. The van der Waals surface area contributed by atoms with Crippen molar-refractivity contribution < 1.29 is 9.84 Å². The monoisotopic (exact) mass is 279 g/mol. The Morgan fingerprint density at radius 1 is 1.50 bits per heavy atom. The van der Waals surface area contributed by atoms with E-state index in [4.69, 9.17) is 4.74 Å². The quantitative estimate of drug-likeness (QED) is 0.879. The maximum absolute atomic E-state index is 10.6. The molecule has 0 aliphatic carbocycles. The van der Waals surface area contributed by atoms with E-state index in [0.717, 1.165) is 44.0 Å². The summed E-state index contributed by atoms with van der Waals surface area (Å²) in [5.74, 6) is 1.58. The Labute approximate surface area is 120 Å². The number of imidazole rings is 1. The lowest BCUT2D eigenvalue weighted by Gasteiger charge is -2.40. The number of ether oxygens (including phenoxy) is 1. The van der Waals surface area contributed by atoms with Crippen molar-refractivity contribution >= 4 is 0 Å². The molecule has 20 heavy (non-hydrogen) atoms. The van der Waals surface area contributed by atoms with Gasteiger partial charge < -0.3 is 14.8 Å². The molecule has 1 atom stereocenters. The summed E-state index contributed by atoms with van der Waals surface area (Å²) in [7, 11) is 0. The molecule has 1 aromatic heterocycles. The van der Waals surface area contributed by atoms with E-state index in [1.165, 1.54) is 12.8 Å². The van der Waals surface area contributed by atoms with E-state index in [9.17, 15) is 5.11 Å². The van der Waals surface area contributed by atoms with Crippen LogP contribution in [0.4, 0.5) is 0 Å². The predicted octanol–water partition coefficient (Wildman–Crippen LogP) is 1.44. The van der Waals surface area contributed by atoms with Gasteiger partial charge >= 0.3 is 0 Å². The highest BCUT2D eigenvalue weighted by atomic mass is 16.5. The molecule has 5 heteroatoms. The summed E-state index contributed by atoms with van der Waals surface area (Å²) in [6.07, 6.45) is 5.78. The van der Waals surface area contributed by atoms with Crippen LogP contribution in [0.3, 0.4) is 0 Å². The fraction of sp³-hybridized carbons (Fsp3) is 0.800. The van der Waals surface area contributed by atoms with Crippen LogP contribution < -0.4 is 0 Å². The summed E-state index contributed by atoms with van der Waals surface area (Å²) in [5, 5.41) is 10.6. The number of aliphatic hydroxyl groups is 1. The number of H-pyrrole nitrogens is 1. The van der Waals surface area contributed by atoms with Crippen LogP contribution in [-0.4, -0.2) is 58.4 Å². The molecule has 1 unspecified atom stereocenters. The number of hydrogen-bond donors (Lipinski definition) is 2. The molecule has 2 N–H and O–H groups in total. The lowest BCUT2D eigenvalue weighted by Crippen LogP contribution is -2.49. The first kappa shape index (κ1) is 14.0. The third kappa shape index (κ3) is 3.22. The summed E-state index contributed by atoms with van der Waals surface area (Å²) in [6.45, 7) is 6.26. The largest absolute Gasteiger partial charge is 0.388 e. The van der Waals surface area contributed by atoms with E-state index in [-0.39, 0.29) is 0 Å². The molecule has 2 aliphatic heterocycles. The molecule has 2 saturated heterocycles. The van der Waals surface area contributed by atoms with E-state index in [2.05, 4.69) is 14.9 Å². The van der Waals surface area contributed by atoms with Gasteiger partial charge in [-0.1, -0.05) is 0 Å². The van der Waals surface area contributed by atoms with Gasteiger partial charge in [-0.2, -0.15) is 0 Å². The SMILES string of the molecule is Cc1cnc(C2CCCN(CC3(O)CCOCC3)C2)[nH]1. The number of aromatic nitrogens is 2. The minimum atomic E-state index is -0.556. The number of nitrogens with zero attached hydrogens (tertiary/aromatic N) is 2. The molecule has 3 rings (SSSR count). The lowest BCUT2D eigenvalue weighted by molar-refractivity contribution is -0.0825. The van der Waals surface area contributed by atoms with E-state index >= 15 is 0 Å². The molecule has 0 aromatic carbocycles. The zero-order valence-corrected chi connectivity index (χ0v) is 12.3. The van der Waals surface area contributed by atoms with Gasteiger partial charge in [-0.3, -0.25) is 4.90 Å². The number of aromatic amines is 1. The number of aryl methyl sites for hydroxylation is 1. The maximum atomic E-state index is 10.6. The molecule has 0 spiro atoms. The summed E-state index contributed by atoms with van der Waals surface area (Å²) >= 11 is 0. The van der Waals surface area contributed by atoms with Crippen molar-refractivity contribution in [2.24, 2.45) is 0 Å². The molecular weight excluding hydrogens is 254 g/mol. The Morgan fingerprint density at radius 3 is 3.00 bits per heavy atom. The highest BCUT2D eigenvalue weighted by Gasteiger charge is 2.34. The van der Waals surface area contributed by atoms with Crippen molar-refractivity contribution in [2.75, 3.05) is 32.8 Å². The van der Waals surface area contributed by atoms with Crippen LogP contribution in [-0.2, 0) is 4.74 Å². The minimum Gasteiger partial charge on any atom is -0.388 e. The van der Waals surface area contributed by atoms with Crippen molar-refractivity contribution in [3.05, 3.63) is 17.7 Å². The molecule has 2 fully saturated rings. The first-order chi connectivity index (χ1) is 9.65. The fourth-order valence-electron chi connectivity index (χ4n) is 3.39. The van der Waals surface area contributed by atoms with E-state index < -0.39 is 5.60 Å². The molecule has 0 saturated carbocycles. The number of rotatable bonds is 3. The Morgan fingerprint density at radius 2 is 2.30 bits per heavy atom. The first-order valence-corrected chi connectivity index (χ1v) is 7.69. The average Bonchev–Trinajstić information content (AvgIpc) is 2.86. The normalized spacial score (nSPS) is 27.6. The first-order valence-electron chi connectivity index (χ1n) is 7.69. The van der Waals surface area contributed by atoms with Crippen LogP contribution in [0.25, 0.3) is 0 Å². The second-order valence-electron chi connectivity index (χ2n) is 6.36. The Kier molecular flexibility index (Phi) is 4.10. The molecule has 2 aliphatic rings. The molecule has 0 amide bonds. The van der Waals surface area contributed by atoms with Crippen molar-refractivity contribution in [3.8, 4) is 0 Å². The second-order valence-corrected chi connectivity index (χ2v) is 6.36. The fourth-order valence-corrected chi connectivity index (χ4v) is 3.39. The Hall–Kier alpha value is -0.910. The third-order valence-electron chi connectivity index (χ3n) is 4.56. The van der Waals surface area contributed by atoms with Crippen molar-refractivity contribution in [2.45, 2.75) is 44.1 Å². The van der Waals surface area contributed by atoms with Crippen LogP contribution in [0.2, 0.25) is 0 Å². The van der Waals surface area contributed by atoms with Crippen LogP contribution in [0.5, 0.6) is 0 Å². The van der Waals surface area contributed by atoms with Gasteiger partial charge in [0.05, 0.1) is 5.60 Å². The van der Waals surface area contributed by atoms with Gasteiger partial charge in [0, 0.05) is 57.0 Å². The lowest BCUT2D eigenvalue weighted by atomic mass is 9.91. The van der Waals surface area contributed by atoms with E-state index in [1.807, 2.05) is 13.1 Å². The van der Waals surface area contributed by atoms with Gasteiger partial charge in [-0.15, -0.1) is 0 Å². The van der Waals surface area contributed by atoms with Gasteiger partial charge in [0.1, 0.15) is 5.82 Å². The number of hydrogen-bond acceptors (Lipinski definition) is 4. The van der Waals surface area contributed by atoms with E-state index in [1.54, 1.807) is 0 Å². The van der Waals surface area contributed by atoms with E-state index in [0.29, 0.717) is 19.1 Å². The van der Waals surface area contributed by atoms with Gasteiger partial charge in [-0.05, 0) is 26.3 Å². The zero-order chi connectivity index (χ0) is 14.0. The van der Waals surface area contributed by atoms with Gasteiger partial charge in [-0.25, -0.2) is 4.98 Å². The van der Waals surface area contributed by atoms with Crippen molar-refractivity contribution in [3.63, 3.8) is 0 Å². The number of piperidine rings is 1. The zero-order valence-electron chi connectivity index (χ0n) is 12.3. The third-order valence-corrected chi connectivity index (χ3v) is 4.56. The van der Waals surface area contributed by atoms with Crippen LogP contribution >= 0.6 is 0 Å². The number of nitrogens with one attached hydrogen (secondary N) is 1. The molecule has 1 aromatic rings. The van der Waals surface area contributed by atoms with Crippen LogP contribution in [0.15, 0.2) is 6.20 Å². The second kappa shape index (κ2) is 5.84. The Bertz CT molecular complexity index is 440. The number of β-amino-alcohol motifs (C(OH)–C–C–N with tert-alkyl or cyclic N) is 1. The summed E-state index contributed by atoms with van der Waals surface area (Å²) in [6, 6.07) is 0. The Balaban J connectivity index is 1.60. The minimum absolute atomic E-state index is 0.473. The predicted molar refractivity (Wildman–Crippen MR) is 76.7 cm³/mol. The van der Waals surface area contributed by atoms with Crippen LogP contribution in [0.1, 0.15) is 43.1 Å². The molecular formula is C15H25N3O2. The van der Waals surface area contributed by atoms with Gasteiger partial charge in [0.15, 0.2) is 0 Å². The van der Waals surface area contributed by atoms with Crippen LogP contribution in [0, 0.1) is 6.92 Å². The topological polar surface area (TPSA) is 61.4 Å². The summed E-state index contributed by atoms with van der Waals surface area (Å²) < 4.78 is 5.35. The smallest absolute Gasteiger partial charge is 0.110 e. The summed E-state index contributed by atoms with van der Waals surface area (Å²) in [5.41, 5.74) is 0.569. The standard InChI is InChI=1S/C15H25N3O2/c1-12-9-16-14(17-12)13-3-2-6-18(10-13)11-15(19)4-7-20-8-5-15/h9,13,19H,2-8,10-11H2,1H3,(H,16,17). The van der Waals surface area contributed by atoms with Crippen molar-refractivity contribution in [1.82, 2.24) is 14.9 Å². The van der Waals surface area contributed by atoms with Crippen molar-refractivity contribution in [1.29, 1.82) is 0 Å². The number of likely N-dealkylation sites (tertiary alicyclic amines) is 1.